The molecule has 0 saturated heterocycles. The average Bonchev–Trinajstić information content (AvgIpc) is 2.80. The van der Waals surface area contributed by atoms with Gasteiger partial charge < -0.3 is 25.0 Å². The summed E-state index contributed by atoms with van der Waals surface area (Å²) in [6.07, 6.45) is -2.11. The summed E-state index contributed by atoms with van der Waals surface area (Å²) in [6, 6.07) is 7.30. The molecule has 0 amide bonds. The monoisotopic (exact) mass is 477 g/mol. The topological polar surface area (TPSA) is 71.0 Å². The van der Waals surface area contributed by atoms with Crippen LogP contribution in [0.2, 0.25) is 0 Å². The maximum atomic E-state index is 12.5. The molecule has 1 unspecified atom stereocenters. The van der Waals surface area contributed by atoms with Crippen molar-refractivity contribution in [2.75, 3.05) is 6.61 Å². The first-order chi connectivity index (χ1) is 16.0. The molecule has 1 atom stereocenters. The zero-order valence-corrected chi connectivity index (χ0v) is 19.5. The zero-order valence-electron chi connectivity index (χ0n) is 19.5. The molecule has 0 aliphatic rings. The molecule has 3 N–H and O–H groups in total. The fourth-order valence-electron chi connectivity index (χ4n) is 3.24. The Morgan fingerprint density at radius 3 is 2.41 bits per heavy atom. The van der Waals surface area contributed by atoms with Crippen molar-refractivity contribution in [2.24, 2.45) is 0 Å². The summed E-state index contributed by atoms with van der Waals surface area (Å²) in [6.45, 7) is 12.9. The maximum absolute atomic E-state index is 12.5. The molecule has 34 heavy (non-hydrogen) atoms. The molecule has 0 spiro atoms. The maximum Gasteiger partial charge on any atom is 0.573 e. The van der Waals surface area contributed by atoms with E-state index in [1.54, 1.807) is 25.3 Å². The molecule has 0 radical (unpaired) electrons. The van der Waals surface area contributed by atoms with Gasteiger partial charge in [0.15, 0.2) is 0 Å². The van der Waals surface area contributed by atoms with E-state index in [0.29, 0.717) is 39.3 Å². The van der Waals surface area contributed by atoms with Gasteiger partial charge in [0.05, 0.1) is 12.9 Å². The van der Waals surface area contributed by atoms with Gasteiger partial charge in [-0.15, -0.1) is 13.2 Å². The third-order valence-corrected chi connectivity index (χ3v) is 5.25. The van der Waals surface area contributed by atoms with Crippen molar-refractivity contribution >= 4 is 0 Å². The SMILES string of the molecule is C=CC(=C)NCc1cc(-c2ccc(OC(F)(F)F)cc2)c(C)c(O/C=C(\C)CC)c1C(O)CO. The number of ether oxygens (including phenoxy) is 2. The Labute approximate surface area is 197 Å². The van der Waals surface area contributed by atoms with E-state index in [0.717, 1.165) is 12.0 Å². The van der Waals surface area contributed by atoms with E-state index in [1.165, 1.54) is 24.3 Å². The summed E-state index contributed by atoms with van der Waals surface area (Å²) in [5.41, 5.74) is 4.52. The predicted molar refractivity (Wildman–Crippen MR) is 126 cm³/mol. The number of aliphatic hydroxyl groups excluding tert-OH is 2. The molecule has 184 valence electrons. The quantitative estimate of drug-likeness (QED) is 0.271. The largest absolute Gasteiger partial charge is 0.573 e. The van der Waals surface area contributed by atoms with Gasteiger partial charge in [-0.2, -0.15) is 0 Å². The van der Waals surface area contributed by atoms with Gasteiger partial charge in [-0.1, -0.05) is 32.2 Å². The number of alkyl halides is 3. The van der Waals surface area contributed by atoms with Gasteiger partial charge >= 0.3 is 6.36 Å². The van der Waals surface area contributed by atoms with Crippen molar-refractivity contribution in [3.05, 3.63) is 83.8 Å². The lowest BCUT2D eigenvalue weighted by molar-refractivity contribution is -0.274. The van der Waals surface area contributed by atoms with Crippen LogP contribution in [-0.2, 0) is 6.54 Å². The molecular formula is C26H30F3NO4. The number of rotatable bonds is 11. The van der Waals surface area contributed by atoms with E-state index in [2.05, 4.69) is 23.2 Å². The van der Waals surface area contributed by atoms with Gasteiger partial charge in [-0.3, -0.25) is 0 Å². The summed E-state index contributed by atoms with van der Waals surface area (Å²) in [5.74, 6) is 0.0341. The molecule has 0 aliphatic carbocycles. The molecular weight excluding hydrogens is 447 g/mol. The van der Waals surface area contributed by atoms with Crippen molar-refractivity contribution < 1.29 is 32.9 Å². The van der Waals surface area contributed by atoms with Gasteiger partial charge in [0, 0.05) is 17.8 Å². The Morgan fingerprint density at radius 2 is 1.88 bits per heavy atom. The van der Waals surface area contributed by atoms with Gasteiger partial charge in [-0.25, -0.2) is 0 Å². The molecule has 0 fully saturated rings. The molecule has 2 rings (SSSR count). The van der Waals surface area contributed by atoms with Gasteiger partial charge in [0.2, 0.25) is 0 Å². The van der Waals surface area contributed by atoms with E-state index in [9.17, 15) is 23.4 Å². The van der Waals surface area contributed by atoms with Crippen LogP contribution in [0.5, 0.6) is 11.5 Å². The molecule has 2 aromatic carbocycles. The summed E-state index contributed by atoms with van der Waals surface area (Å²) in [5, 5.41) is 23.4. The molecule has 8 heteroatoms. The first-order valence-corrected chi connectivity index (χ1v) is 10.7. The molecule has 5 nitrogen and oxygen atoms in total. The van der Waals surface area contributed by atoms with Gasteiger partial charge in [-0.05, 0) is 72.4 Å². The van der Waals surface area contributed by atoms with Crippen molar-refractivity contribution in [1.29, 1.82) is 0 Å². The van der Waals surface area contributed by atoms with Crippen molar-refractivity contribution in [3.63, 3.8) is 0 Å². The standard InChI is InChI=1S/C26H30F3NO4/c1-6-16(3)15-33-25-18(5)22(19-8-10-21(11-9-19)34-26(27,28)29)12-20(13-30-17(4)7-2)24(25)23(32)14-31/h7-12,15,23,30-32H,2,4,6,13-14H2,1,3,5H3/b16-15+. The van der Waals surface area contributed by atoms with Crippen LogP contribution in [0.4, 0.5) is 13.2 Å². The van der Waals surface area contributed by atoms with Crippen LogP contribution in [0.1, 0.15) is 43.1 Å². The van der Waals surface area contributed by atoms with Gasteiger partial charge in [0.25, 0.3) is 0 Å². The lowest BCUT2D eigenvalue weighted by Crippen LogP contribution is -2.17. The van der Waals surface area contributed by atoms with Crippen LogP contribution in [0.15, 0.2) is 67.1 Å². The molecule has 0 saturated carbocycles. The normalized spacial score (nSPS) is 12.8. The van der Waals surface area contributed by atoms with Crippen LogP contribution < -0.4 is 14.8 Å². The highest BCUT2D eigenvalue weighted by Crippen LogP contribution is 2.40. The summed E-state index contributed by atoms with van der Waals surface area (Å²) >= 11 is 0. The number of nitrogens with one attached hydrogen (secondary N) is 1. The smallest absolute Gasteiger partial charge is 0.464 e. The average molecular weight is 478 g/mol. The fourth-order valence-corrected chi connectivity index (χ4v) is 3.24. The Bertz CT molecular complexity index is 1040. The van der Waals surface area contributed by atoms with Crippen molar-refractivity contribution in [1.82, 2.24) is 5.32 Å². The molecule has 2 aromatic rings. The summed E-state index contributed by atoms with van der Waals surface area (Å²) in [4.78, 5) is 0. The lowest BCUT2D eigenvalue weighted by atomic mass is 9.90. The highest BCUT2D eigenvalue weighted by molar-refractivity contribution is 5.73. The first kappa shape index (κ1) is 27.0. The van der Waals surface area contributed by atoms with E-state index < -0.39 is 19.1 Å². The Hall–Kier alpha value is -3.23. The Balaban J connectivity index is 2.67. The van der Waals surface area contributed by atoms with E-state index in [-0.39, 0.29) is 12.3 Å². The number of halogens is 3. The molecule has 0 bridgehead atoms. The number of aliphatic hydroxyl groups is 2. The van der Waals surface area contributed by atoms with Gasteiger partial charge in [0.1, 0.15) is 17.6 Å². The second kappa shape index (κ2) is 11.8. The second-order valence-corrected chi connectivity index (χ2v) is 7.74. The molecule has 0 aliphatic heterocycles. The number of hydrogen-bond acceptors (Lipinski definition) is 5. The van der Waals surface area contributed by atoms with Crippen molar-refractivity contribution in [3.8, 4) is 22.6 Å². The minimum atomic E-state index is -4.78. The highest BCUT2D eigenvalue weighted by atomic mass is 19.4. The number of allylic oxidation sites excluding steroid dienone is 2. The Kier molecular flexibility index (Phi) is 9.35. The lowest BCUT2D eigenvalue weighted by Gasteiger charge is -2.23. The van der Waals surface area contributed by atoms with Crippen LogP contribution in [0, 0.1) is 6.92 Å². The molecule has 0 aromatic heterocycles. The van der Waals surface area contributed by atoms with Crippen LogP contribution in [-0.4, -0.2) is 23.2 Å². The second-order valence-electron chi connectivity index (χ2n) is 7.74. The minimum absolute atomic E-state index is 0.243. The van der Waals surface area contributed by atoms with Crippen LogP contribution >= 0.6 is 0 Å². The first-order valence-electron chi connectivity index (χ1n) is 10.7. The third-order valence-electron chi connectivity index (χ3n) is 5.25. The minimum Gasteiger partial charge on any atom is -0.464 e. The van der Waals surface area contributed by atoms with Crippen LogP contribution in [0.3, 0.4) is 0 Å². The highest BCUT2D eigenvalue weighted by Gasteiger charge is 2.31. The van der Waals surface area contributed by atoms with E-state index >= 15 is 0 Å². The number of hydrogen-bond donors (Lipinski definition) is 3. The summed E-state index contributed by atoms with van der Waals surface area (Å²) in [7, 11) is 0. The summed E-state index contributed by atoms with van der Waals surface area (Å²) < 4.78 is 47.6. The third kappa shape index (κ3) is 7.13. The van der Waals surface area contributed by atoms with E-state index in [4.69, 9.17) is 4.74 Å². The molecule has 0 heterocycles. The van der Waals surface area contributed by atoms with Crippen molar-refractivity contribution in [2.45, 2.75) is 46.2 Å². The predicted octanol–water partition coefficient (Wildman–Crippen LogP) is 6.07. The van der Waals surface area contributed by atoms with Crippen LogP contribution in [0.25, 0.3) is 11.1 Å². The Morgan fingerprint density at radius 1 is 1.24 bits per heavy atom. The van der Waals surface area contributed by atoms with E-state index in [1.807, 2.05) is 13.8 Å². The fraction of sp³-hybridized carbons (Fsp3) is 0.308. The zero-order chi connectivity index (χ0) is 25.5. The number of benzene rings is 2.